The van der Waals surface area contributed by atoms with E-state index in [1.807, 2.05) is 0 Å². The van der Waals surface area contributed by atoms with E-state index in [-0.39, 0.29) is 17.9 Å². The van der Waals surface area contributed by atoms with Crippen molar-refractivity contribution in [3.8, 4) is 0 Å². The van der Waals surface area contributed by atoms with Gasteiger partial charge in [-0.15, -0.1) is 0 Å². The van der Waals surface area contributed by atoms with E-state index in [9.17, 15) is 9.18 Å². The van der Waals surface area contributed by atoms with Gasteiger partial charge in [-0.05, 0) is 37.5 Å². The van der Waals surface area contributed by atoms with Crippen molar-refractivity contribution >= 4 is 23.2 Å². The minimum absolute atomic E-state index is 0.0914. The Balaban J connectivity index is 2.05. The summed E-state index contributed by atoms with van der Waals surface area (Å²) < 4.78 is 13.0. The maximum atomic E-state index is 13.0. The van der Waals surface area contributed by atoms with Gasteiger partial charge in [0, 0.05) is 12.0 Å². The van der Waals surface area contributed by atoms with Crippen LogP contribution in [0.3, 0.4) is 0 Å². The van der Waals surface area contributed by atoms with E-state index in [2.05, 4.69) is 5.32 Å². The number of nitrogens with one attached hydrogen (secondary N) is 1. The molecule has 2 rings (SSSR count). The molecule has 2 atom stereocenters. The maximum absolute atomic E-state index is 13.0. The summed E-state index contributed by atoms with van der Waals surface area (Å²) in [5.41, 5.74) is 6.06. The number of carbonyl (C=O) groups is 1. The molecule has 0 aromatic heterocycles. The van der Waals surface area contributed by atoms with Crippen molar-refractivity contribution in [1.82, 2.24) is 0 Å². The summed E-state index contributed by atoms with van der Waals surface area (Å²) in [5.74, 6) is -0.650. The van der Waals surface area contributed by atoms with Gasteiger partial charge in [0.05, 0.1) is 10.7 Å². The van der Waals surface area contributed by atoms with Crippen LogP contribution in [0, 0.1) is 11.7 Å². The van der Waals surface area contributed by atoms with Crippen LogP contribution in [0.2, 0.25) is 5.02 Å². The number of carbonyl (C=O) groups excluding carboxylic acids is 1. The van der Waals surface area contributed by atoms with Gasteiger partial charge in [-0.25, -0.2) is 4.39 Å². The molecule has 5 heteroatoms. The van der Waals surface area contributed by atoms with Crippen molar-refractivity contribution in [3.63, 3.8) is 0 Å². The third-order valence-corrected chi connectivity index (χ3v) is 3.36. The lowest BCUT2D eigenvalue weighted by molar-refractivity contribution is -0.119. The Hall–Kier alpha value is -1.13. The lowest BCUT2D eigenvalue weighted by Gasteiger charge is -2.11. The lowest BCUT2D eigenvalue weighted by Crippen LogP contribution is -2.23. The normalized spacial score (nSPS) is 23.7. The van der Waals surface area contributed by atoms with Gasteiger partial charge in [0.25, 0.3) is 0 Å². The van der Waals surface area contributed by atoms with Crippen LogP contribution in [0.25, 0.3) is 0 Å². The fourth-order valence-corrected chi connectivity index (χ4v) is 2.25. The van der Waals surface area contributed by atoms with Crippen LogP contribution >= 0.6 is 11.6 Å². The highest BCUT2D eigenvalue weighted by Gasteiger charge is 2.28. The van der Waals surface area contributed by atoms with Crippen molar-refractivity contribution in [1.29, 1.82) is 0 Å². The highest BCUT2D eigenvalue weighted by atomic mass is 35.5. The number of benzene rings is 1. The predicted molar refractivity (Wildman–Crippen MR) is 65.4 cm³/mol. The maximum Gasteiger partial charge on any atom is 0.227 e. The van der Waals surface area contributed by atoms with E-state index in [1.54, 1.807) is 0 Å². The second-order valence-corrected chi connectivity index (χ2v) is 4.79. The second kappa shape index (κ2) is 5.02. The summed E-state index contributed by atoms with van der Waals surface area (Å²) in [4.78, 5) is 11.9. The molecule has 0 bridgehead atoms. The van der Waals surface area contributed by atoms with Crippen molar-refractivity contribution < 1.29 is 9.18 Å². The summed E-state index contributed by atoms with van der Waals surface area (Å²) in [6.07, 6.45) is 2.31. The largest absolute Gasteiger partial charge is 0.328 e. The molecular formula is C12H14ClFN2O. The van der Waals surface area contributed by atoms with E-state index in [4.69, 9.17) is 17.3 Å². The van der Waals surface area contributed by atoms with Gasteiger partial charge in [-0.2, -0.15) is 0 Å². The van der Waals surface area contributed by atoms with Crippen molar-refractivity contribution in [2.45, 2.75) is 25.3 Å². The van der Waals surface area contributed by atoms with Crippen LogP contribution < -0.4 is 11.1 Å². The summed E-state index contributed by atoms with van der Waals surface area (Å²) in [6, 6.07) is 3.99. The summed E-state index contributed by atoms with van der Waals surface area (Å²) >= 11 is 5.87. The molecule has 92 valence electrons. The molecule has 3 nitrogen and oxygen atoms in total. The molecule has 0 saturated heterocycles. The molecule has 0 heterocycles. The van der Waals surface area contributed by atoms with Crippen molar-refractivity contribution in [2.75, 3.05) is 5.32 Å². The van der Waals surface area contributed by atoms with E-state index >= 15 is 0 Å². The minimum atomic E-state index is -0.423. The molecule has 0 radical (unpaired) electrons. The molecule has 1 fully saturated rings. The zero-order valence-corrected chi connectivity index (χ0v) is 10.0. The monoisotopic (exact) mass is 256 g/mol. The number of hydrogen-bond acceptors (Lipinski definition) is 2. The van der Waals surface area contributed by atoms with E-state index in [1.165, 1.54) is 18.2 Å². The van der Waals surface area contributed by atoms with Crippen LogP contribution in [0.4, 0.5) is 10.1 Å². The fraction of sp³-hybridized carbons (Fsp3) is 0.417. The molecule has 1 aliphatic rings. The van der Waals surface area contributed by atoms with E-state index in [0.717, 1.165) is 12.8 Å². The summed E-state index contributed by atoms with van der Waals surface area (Å²) in [6.45, 7) is 0. The third kappa shape index (κ3) is 2.96. The van der Waals surface area contributed by atoms with Crippen molar-refractivity contribution in [3.05, 3.63) is 29.0 Å². The molecule has 1 aromatic rings. The van der Waals surface area contributed by atoms with Gasteiger partial charge < -0.3 is 11.1 Å². The molecule has 1 aromatic carbocycles. The Morgan fingerprint density at radius 1 is 1.47 bits per heavy atom. The Bertz CT molecular complexity index is 439. The van der Waals surface area contributed by atoms with Crippen molar-refractivity contribution in [2.24, 2.45) is 11.7 Å². The Kier molecular flexibility index (Phi) is 3.64. The number of anilines is 1. The molecule has 17 heavy (non-hydrogen) atoms. The lowest BCUT2D eigenvalue weighted by atomic mass is 10.1. The fourth-order valence-electron chi connectivity index (χ4n) is 2.08. The van der Waals surface area contributed by atoms with Crippen LogP contribution in [-0.2, 0) is 4.79 Å². The quantitative estimate of drug-likeness (QED) is 0.854. The molecule has 3 N–H and O–H groups in total. The minimum Gasteiger partial charge on any atom is -0.328 e. The van der Waals surface area contributed by atoms with E-state index < -0.39 is 5.82 Å². The van der Waals surface area contributed by atoms with Gasteiger partial charge in [0.2, 0.25) is 5.91 Å². The van der Waals surface area contributed by atoms with Gasteiger partial charge in [0.1, 0.15) is 5.82 Å². The highest BCUT2D eigenvalue weighted by Crippen LogP contribution is 2.28. The average Bonchev–Trinajstić information content (AvgIpc) is 2.70. The first kappa shape index (κ1) is 12.3. The van der Waals surface area contributed by atoms with E-state index in [0.29, 0.717) is 17.1 Å². The number of amides is 1. The Morgan fingerprint density at radius 3 is 2.88 bits per heavy atom. The number of hydrogen-bond donors (Lipinski definition) is 2. The van der Waals surface area contributed by atoms with Crippen LogP contribution in [0.5, 0.6) is 0 Å². The first-order valence-electron chi connectivity index (χ1n) is 5.58. The number of nitrogens with two attached hydrogens (primary N) is 1. The van der Waals surface area contributed by atoms with Crippen LogP contribution in [0.15, 0.2) is 18.2 Å². The van der Waals surface area contributed by atoms with Gasteiger partial charge in [0.15, 0.2) is 0 Å². The standard InChI is InChI=1S/C12H14ClFN2O/c13-10-4-2-8(14)6-11(10)16-12(17)7-1-3-9(15)5-7/h2,4,6-7,9H,1,3,5,15H2,(H,16,17). The first-order chi connectivity index (χ1) is 8.06. The molecule has 1 amide bonds. The van der Waals surface area contributed by atoms with Crippen LogP contribution in [0.1, 0.15) is 19.3 Å². The molecule has 2 unspecified atom stereocenters. The Labute approximate surface area is 104 Å². The molecular weight excluding hydrogens is 243 g/mol. The highest BCUT2D eigenvalue weighted by molar-refractivity contribution is 6.33. The van der Waals surface area contributed by atoms with Crippen LogP contribution in [-0.4, -0.2) is 11.9 Å². The predicted octanol–water partition coefficient (Wildman–Crippen LogP) is 2.55. The zero-order chi connectivity index (χ0) is 12.4. The number of halogens is 2. The summed E-state index contributed by atoms with van der Waals surface area (Å²) in [5, 5.41) is 2.98. The molecule has 0 spiro atoms. The van der Waals surface area contributed by atoms with Gasteiger partial charge in [-0.1, -0.05) is 11.6 Å². The first-order valence-corrected chi connectivity index (χ1v) is 5.95. The van der Waals surface area contributed by atoms with Gasteiger partial charge >= 0.3 is 0 Å². The SMILES string of the molecule is NC1CCC(C(=O)Nc2cc(F)ccc2Cl)C1. The number of rotatable bonds is 2. The zero-order valence-electron chi connectivity index (χ0n) is 9.25. The Morgan fingerprint density at radius 2 is 2.24 bits per heavy atom. The molecule has 1 saturated carbocycles. The topological polar surface area (TPSA) is 55.1 Å². The second-order valence-electron chi connectivity index (χ2n) is 4.38. The van der Waals surface area contributed by atoms with Gasteiger partial charge in [-0.3, -0.25) is 4.79 Å². The smallest absolute Gasteiger partial charge is 0.227 e. The third-order valence-electron chi connectivity index (χ3n) is 3.03. The molecule has 1 aliphatic carbocycles. The average molecular weight is 257 g/mol. The molecule has 0 aliphatic heterocycles. The summed E-state index contributed by atoms with van der Waals surface area (Å²) in [7, 11) is 0.